The van der Waals surface area contributed by atoms with Gasteiger partial charge < -0.3 is 14.8 Å². The fourth-order valence-corrected chi connectivity index (χ4v) is 3.60. The zero-order valence-corrected chi connectivity index (χ0v) is 15.5. The largest absolute Gasteiger partial charge is 0.454 e. The predicted octanol–water partition coefficient (Wildman–Crippen LogP) is 4.54. The van der Waals surface area contributed by atoms with E-state index in [2.05, 4.69) is 5.32 Å². The lowest BCUT2D eigenvalue weighted by Crippen LogP contribution is -2.33. The van der Waals surface area contributed by atoms with Crippen molar-refractivity contribution in [2.75, 3.05) is 18.8 Å². The summed E-state index contributed by atoms with van der Waals surface area (Å²) in [6.07, 6.45) is -2.93. The normalized spacial score (nSPS) is 17.3. The van der Waals surface area contributed by atoms with Gasteiger partial charge in [0.1, 0.15) is 0 Å². The average molecular weight is 422 g/mol. The molecule has 10 heteroatoms. The molecule has 1 saturated heterocycles. The number of alkyl halides is 3. The third-order valence-electron chi connectivity index (χ3n) is 4.20. The molecule has 2 aromatic carbocycles. The van der Waals surface area contributed by atoms with Gasteiger partial charge in [-0.25, -0.2) is 0 Å². The summed E-state index contributed by atoms with van der Waals surface area (Å²) >= 11 is 0.759. The smallest absolute Gasteiger partial charge is 0.416 e. The summed E-state index contributed by atoms with van der Waals surface area (Å²) in [4.78, 5) is 25.9. The number of fused-ring (bicyclic) bond motifs is 1. The molecule has 2 heterocycles. The first kappa shape index (κ1) is 19.2. The number of halogens is 3. The van der Waals surface area contributed by atoms with E-state index in [-0.39, 0.29) is 24.1 Å². The summed E-state index contributed by atoms with van der Waals surface area (Å²) in [5.74, 6) is 0.613. The monoisotopic (exact) mass is 422 g/mol. The van der Waals surface area contributed by atoms with Gasteiger partial charge in [0.25, 0.3) is 11.1 Å². The Balaban J connectivity index is 1.46. The number of nitrogens with one attached hydrogen (secondary N) is 1. The molecule has 29 heavy (non-hydrogen) atoms. The van der Waals surface area contributed by atoms with Crippen LogP contribution in [0, 0.1) is 0 Å². The summed E-state index contributed by atoms with van der Waals surface area (Å²) in [7, 11) is 0. The van der Waals surface area contributed by atoms with Gasteiger partial charge in [-0.1, -0.05) is 12.1 Å². The van der Waals surface area contributed by atoms with E-state index < -0.39 is 22.9 Å². The van der Waals surface area contributed by atoms with Gasteiger partial charge in [-0.05, 0) is 53.7 Å². The Labute approximate surface area is 167 Å². The highest BCUT2D eigenvalue weighted by atomic mass is 32.2. The molecule has 0 radical (unpaired) electrons. The molecule has 150 valence electrons. The molecule has 0 spiro atoms. The topological polar surface area (TPSA) is 67.9 Å². The Morgan fingerprint density at radius 3 is 2.69 bits per heavy atom. The molecule has 2 amide bonds. The van der Waals surface area contributed by atoms with Crippen molar-refractivity contribution in [1.82, 2.24) is 4.90 Å². The van der Waals surface area contributed by atoms with E-state index in [1.54, 1.807) is 24.3 Å². The van der Waals surface area contributed by atoms with Crippen molar-refractivity contribution < 1.29 is 32.2 Å². The number of nitrogens with zero attached hydrogens (tertiary/aromatic N) is 1. The van der Waals surface area contributed by atoms with Gasteiger partial charge in [0.15, 0.2) is 11.5 Å². The second kappa shape index (κ2) is 7.36. The Hall–Kier alpha value is -3.14. The van der Waals surface area contributed by atoms with Crippen molar-refractivity contribution in [3.05, 3.63) is 58.5 Å². The van der Waals surface area contributed by atoms with Crippen LogP contribution in [0.2, 0.25) is 0 Å². The fourth-order valence-electron chi connectivity index (χ4n) is 2.77. The molecule has 2 aromatic rings. The third kappa shape index (κ3) is 4.02. The van der Waals surface area contributed by atoms with Crippen LogP contribution in [0.5, 0.6) is 11.5 Å². The summed E-state index contributed by atoms with van der Waals surface area (Å²) < 4.78 is 48.9. The zero-order chi connectivity index (χ0) is 20.6. The molecular formula is C19H13F3N2O4S. The van der Waals surface area contributed by atoms with Crippen molar-refractivity contribution in [3.63, 3.8) is 0 Å². The van der Waals surface area contributed by atoms with Gasteiger partial charge in [0, 0.05) is 5.69 Å². The molecule has 0 saturated carbocycles. The SMILES string of the molecule is O=C1SC(=Cc2ccc3c(c2)OCO3)C(=O)N1CNc1cccc(C(F)(F)F)c1. The number of hydrogen-bond acceptors (Lipinski definition) is 6. The molecule has 1 N–H and O–H groups in total. The molecule has 0 unspecified atom stereocenters. The molecule has 2 aliphatic heterocycles. The zero-order valence-electron chi connectivity index (χ0n) is 14.7. The van der Waals surface area contributed by atoms with Crippen molar-refractivity contribution in [2.45, 2.75) is 6.18 Å². The Morgan fingerprint density at radius 2 is 1.90 bits per heavy atom. The molecule has 6 nitrogen and oxygen atoms in total. The van der Waals surface area contributed by atoms with Gasteiger partial charge in [-0.3, -0.25) is 14.5 Å². The van der Waals surface area contributed by atoms with Crippen LogP contribution in [0.25, 0.3) is 6.08 Å². The van der Waals surface area contributed by atoms with E-state index in [9.17, 15) is 22.8 Å². The summed E-state index contributed by atoms with van der Waals surface area (Å²) in [6, 6.07) is 9.66. The van der Waals surface area contributed by atoms with Gasteiger partial charge in [0.2, 0.25) is 6.79 Å². The van der Waals surface area contributed by atoms with Crippen LogP contribution >= 0.6 is 11.8 Å². The molecule has 1 fully saturated rings. The minimum atomic E-state index is -4.48. The fraction of sp³-hybridized carbons (Fsp3) is 0.158. The number of hydrogen-bond donors (Lipinski definition) is 1. The van der Waals surface area contributed by atoms with Crippen LogP contribution in [-0.4, -0.2) is 29.5 Å². The van der Waals surface area contributed by atoms with Crippen molar-refractivity contribution in [2.24, 2.45) is 0 Å². The predicted molar refractivity (Wildman–Crippen MR) is 100 cm³/mol. The molecular weight excluding hydrogens is 409 g/mol. The lowest BCUT2D eigenvalue weighted by molar-refractivity contribution is -0.137. The van der Waals surface area contributed by atoms with Gasteiger partial charge >= 0.3 is 6.18 Å². The molecule has 0 bridgehead atoms. The summed E-state index contributed by atoms with van der Waals surface area (Å²) in [5, 5.41) is 2.17. The van der Waals surface area contributed by atoms with E-state index in [0.29, 0.717) is 17.1 Å². The number of rotatable bonds is 4. The summed E-state index contributed by atoms with van der Waals surface area (Å²) in [5.41, 5.74) is -0.0106. The molecule has 0 atom stereocenters. The second-order valence-corrected chi connectivity index (χ2v) is 7.13. The van der Waals surface area contributed by atoms with Crippen molar-refractivity contribution in [3.8, 4) is 11.5 Å². The van der Waals surface area contributed by atoms with Crippen molar-refractivity contribution in [1.29, 1.82) is 0 Å². The summed E-state index contributed by atoms with van der Waals surface area (Å²) in [6.45, 7) is -0.124. The number of carbonyl (C=O) groups is 2. The van der Waals surface area contributed by atoms with Crippen LogP contribution in [0.15, 0.2) is 47.4 Å². The van der Waals surface area contributed by atoms with Gasteiger partial charge in [-0.2, -0.15) is 13.2 Å². The van der Waals surface area contributed by atoms with Crippen LogP contribution in [0.1, 0.15) is 11.1 Å². The van der Waals surface area contributed by atoms with E-state index in [0.717, 1.165) is 28.8 Å². The molecule has 4 rings (SSSR count). The minimum Gasteiger partial charge on any atom is -0.454 e. The first-order valence-electron chi connectivity index (χ1n) is 8.37. The maximum atomic E-state index is 12.8. The highest BCUT2D eigenvalue weighted by Crippen LogP contribution is 2.36. The number of thioether (sulfide) groups is 1. The molecule has 0 aromatic heterocycles. The van der Waals surface area contributed by atoms with E-state index in [4.69, 9.17) is 9.47 Å². The number of ether oxygens (including phenoxy) is 2. The molecule has 0 aliphatic carbocycles. The Morgan fingerprint density at radius 1 is 1.10 bits per heavy atom. The number of anilines is 1. The number of imide groups is 1. The Bertz CT molecular complexity index is 1020. The maximum Gasteiger partial charge on any atom is 0.416 e. The number of amides is 2. The van der Waals surface area contributed by atoms with E-state index in [1.807, 2.05) is 0 Å². The first-order valence-corrected chi connectivity index (χ1v) is 9.19. The Kier molecular flexibility index (Phi) is 4.87. The second-order valence-electron chi connectivity index (χ2n) is 6.14. The van der Waals surface area contributed by atoms with Gasteiger partial charge in [0.05, 0.1) is 17.1 Å². The third-order valence-corrected chi connectivity index (χ3v) is 5.11. The van der Waals surface area contributed by atoms with Gasteiger partial charge in [-0.15, -0.1) is 0 Å². The van der Waals surface area contributed by atoms with Crippen LogP contribution < -0.4 is 14.8 Å². The molecule has 2 aliphatic rings. The van der Waals surface area contributed by atoms with Crippen LogP contribution in [0.3, 0.4) is 0 Å². The highest BCUT2D eigenvalue weighted by Gasteiger charge is 2.35. The van der Waals surface area contributed by atoms with Crippen molar-refractivity contribution >= 4 is 34.7 Å². The first-order chi connectivity index (χ1) is 13.8. The maximum absolute atomic E-state index is 12.8. The van der Waals surface area contributed by atoms with Crippen LogP contribution in [0.4, 0.5) is 23.7 Å². The lowest BCUT2D eigenvalue weighted by atomic mass is 10.2. The quantitative estimate of drug-likeness (QED) is 0.730. The van der Waals surface area contributed by atoms with E-state index in [1.165, 1.54) is 12.1 Å². The van der Waals surface area contributed by atoms with E-state index >= 15 is 0 Å². The number of carbonyl (C=O) groups excluding carboxylic acids is 2. The number of benzene rings is 2. The highest BCUT2D eigenvalue weighted by molar-refractivity contribution is 8.18. The lowest BCUT2D eigenvalue weighted by Gasteiger charge is -2.15. The van der Waals surface area contributed by atoms with Crippen LogP contribution in [-0.2, 0) is 11.0 Å². The standard InChI is InChI=1S/C19H13F3N2O4S/c20-19(21,22)12-2-1-3-13(8-12)23-9-24-17(25)16(29-18(24)26)7-11-4-5-14-15(6-11)28-10-27-14/h1-8,23H,9-10H2. The minimum absolute atomic E-state index is 0.122. The average Bonchev–Trinajstić information content (AvgIpc) is 3.24.